The Morgan fingerprint density at radius 2 is 0.938 bits per heavy atom. The normalized spacial score (nSPS) is 22.0. The summed E-state index contributed by atoms with van der Waals surface area (Å²) in [5.41, 5.74) is -2.22. The number of ether oxygens (including phenoxy) is 2. The third-order valence-corrected chi connectivity index (χ3v) is 20.9. The highest BCUT2D eigenvalue weighted by atomic mass is 32.2. The van der Waals surface area contributed by atoms with Gasteiger partial charge in [0, 0.05) is 12.4 Å². The van der Waals surface area contributed by atoms with E-state index >= 15 is 0 Å². The number of fused-ring (bicyclic) bond motifs is 2. The Morgan fingerprint density at radius 3 is 1.27 bits per heavy atom. The van der Waals surface area contributed by atoms with Gasteiger partial charge in [0.1, 0.15) is 9.49 Å². The smallest absolute Gasteiger partial charge is 0.451 e. The molecule has 0 radical (unpaired) electrons. The van der Waals surface area contributed by atoms with Crippen LogP contribution < -0.4 is 0 Å². The Labute approximate surface area is 464 Å². The predicted octanol–water partition coefficient (Wildman–Crippen LogP) is 6.94. The zero-order chi connectivity index (χ0) is 58.5. The van der Waals surface area contributed by atoms with Crippen LogP contribution in [0.1, 0.15) is 84.7 Å². The van der Waals surface area contributed by atoms with E-state index in [-0.39, 0.29) is 29.0 Å². The Kier molecular flexibility index (Phi) is 15.6. The van der Waals surface area contributed by atoms with Crippen LogP contribution in [0, 0.1) is 0 Å². The largest absolute Gasteiger partial charge is 0.523 e. The predicted molar refractivity (Wildman–Crippen MR) is 287 cm³/mol. The molecule has 10 rings (SSSR count). The topological polar surface area (TPSA) is 251 Å². The third kappa shape index (κ3) is 10.6. The molecule has 4 saturated heterocycles. The molecule has 0 aliphatic carbocycles. The molecule has 0 bridgehead atoms. The fourth-order valence-electron chi connectivity index (χ4n) is 10.0. The number of β-lactam (4-membered cyclic amide) rings is 2. The maximum absolute atomic E-state index is 13.7. The van der Waals surface area contributed by atoms with Gasteiger partial charge >= 0.3 is 27.6 Å². The average Bonchev–Trinajstić information content (AvgIpc) is 2.74. The van der Waals surface area contributed by atoms with Gasteiger partial charge in [-0.1, -0.05) is 121 Å². The number of carbonyl (C=O) groups excluding carboxylic acids is 4. The molecule has 18 nitrogen and oxygen atoms in total. The number of amides is 2. The molecule has 0 spiro atoms. The lowest BCUT2D eigenvalue weighted by atomic mass is 9.94. The average molecular weight is 1170 g/mol. The van der Waals surface area contributed by atoms with E-state index in [0.29, 0.717) is 22.4 Å². The highest BCUT2D eigenvalue weighted by Crippen LogP contribution is 2.51. The molecule has 2 aromatic heterocycles. The fraction of sp³-hybridized carbons (Fsp3) is 0.263. The highest BCUT2D eigenvalue weighted by Gasteiger charge is 2.72. The van der Waals surface area contributed by atoms with E-state index in [2.05, 4.69) is 14.2 Å². The minimum absolute atomic E-state index is 0.0350. The monoisotopic (exact) mass is 1170 g/mol. The van der Waals surface area contributed by atoms with Crippen LogP contribution in [0.15, 0.2) is 169 Å². The van der Waals surface area contributed by atoms with Gasteiger partial charge in [-0.2, -0.15) is 21.6 Å². The Hall–Kier alpha value is -7.90. The summed E-state index contributed by atoms with van der Waals surface area (Å²) in [6, 6.07) is 38.7. The summed E-state index contributed by atoms with van der Waals surface area (Å²) in [6.07, 6.45) is 3.48. The van der Waals surface area contributed by atoms with Crippen LogP contribution in [-0.4, -0.2) is 112 Å². The van der Waals surface area contributed by atoms with Crippen molar-refractivity contribution >= 4 is 65.7 Å². The number of esters is 2. The summed E-state index contributed by atoms with van der Waals surface area (Å²) < 4.78 is 127. The van der Waals surface area contributed by atoms with Crippen molar-refractivity contribution in [1.29, 1.82) is 0 Å². The number of rotatable bonds is 14. The van der Waals surface area contributed by atoms with Crippen LogP contribution in [0.2, 0.25) is 0 Å². The van der Waals surface area contributed by atoms with Crippen LogP contribution in [0.25, 0.3) is 12.2 Å². The lowest BCUT2D eigenvalue weighted by Gasteiger charge is -2.38. The minimum atomic E-state index is -5.85. The maximum Gasteiger partial charge on any atom is 0.523 e. The lowest BCUT2D eigenvalue weighted by molar-refractivity contribution is -0.160. The molecule has 1 N–H and O–H groups in total. The van der Waals surface area contributed by atoms with Crippen molar-refractivity contribution < 1.29 is 76.4 Å². The first-order chi connectivity index (χ1) is 38.2. The Balaban J connectivity index is 0.000000198. The molecule has 0 saturated carbocycles. The van der Waals surface area contributed by atoms with Gasteiger partial charge in [-0.3, -0.25) is 23.7 Å². The zero-order valence-corrected chi connectivity index (χ0v) is 45.9. The number of aliphatic hydroxyl groups is 1. The number of benzene rings is 4. The number of nitrogens with zero attached hydrogens (tertiary/aromatic N) is 4. The minimum Gasteiger partial charge on any atom is -0.451 e. The van der Waals surface area contributed by atoms with Crippen LogP contribution in [0.3, 0.4) is 0 Å². The van der Waals surface area contributed by atoms with E-state index < -0.39 is 110 Å². The molecule has 4 fully saturated rings. The second-order valence-corrected chi connectivity index (χ2v) is 27.0. The van der Waals surface area contributed by atoms with Gasteiger partial charge in [0.2, 0.25) is 0 Å². The molecular weight excluding hydrogens is 1120 g/mol. The van der Waals surface area contributed by atoms with Crippen molar-refractivity contribution in [1.82, 2.24) is 19.8 Å². The second-order valence-electron chi connectivity index (χ2n) is 20.2. The quantitative estimate of drug-likeness (QED) is 0.0381. The first-order valence-electron chi connectivity index (χ1n) is 24.9. The van der Waals surface area contributed by atoms with Crippen molar-refractivity contribution in [2.75, 3.05) is 0 Å². The molecule has 24 heteroatoms. The SMILES string of the molecule is CC1(C)[C@H](C(=O)OC(c2ccccc2)c2ccccc2)N2C(=O)/C(=C/c3cc(CO)ccn3)[C@H]2S1(=O)=O.CC1(C)[C@H](C(=O)OC(c2ccccc2)c2ccccc2)N2C(=O)/C(=C/c3cc(COS(=O)(=O)C(F)(F)F)ccn3)[C@H]2S1(=O)=O. The molecule has 422 valence electrons. The number of hydrogen-bond acceptors (Lipinski definition) is 16. The van der Waals surface area contributed by atoms with Crippen molar-refractivity contribution in [3.05, 3.63) is 214 Å². The van der Waals surface area contributed by atoms with E-state index in [1.807, 2.05) is 60.7 Å². The molecule has 4 aliphatic heterocycles. The van der Waals surface area contributed by atoms with E-state index in [0.717, 1.165) is 39.3 Å². The summed E-state index contributed by atoms with van der Waals surface area (Å²) in [5, 5.41) is 6.59. The lowest BCUT2D eigenvalue weighted by Crippen LogP contribution is -2.59. The molecule has 6 heterocycles. The zero-order valence-electron chi connectivity index (χ0n) is 43.4. The van der Waals surface area contributed by atoms with Crippen molar-refractivity contribution in [3.8, 4) is 0 Å². The first-order valence-corrected chi connectivity index (χ1v) is 29.4. The summed E-state index contributed by atoms with van der Waals surface area (Å²) >= 11 is 0. The number of pyridine rings is 2. The van der Waals surface area contributed by atoms with E-state index in [1.54, 1.807) is 72.8 Å². The van der Waals surface area contributed by atoms with Crippen LogP contribution in [0.4, 0.5) is 13.2 Å². The molecule has 0 unspecified atom stereocenters. The molecule has 81 heavy (non-hydrogen) atoms. The number of halogens is 3. The first kappa shape index (κ1) is 57.8. The van der Waals surface area contributed by atoms with Gasteiger partial charge in [-0.25, -0.2) is 26.4 Å². The van der Waals surface area contributed by atoms with Crippen molar-refractivity contribution in [2.45, 2.75) is 91.0 Å². The second kappa shape index (κ2) is 21.9. The highest BCUT2D eigenvalue weighted by molar-refractivity contribution is 7.94. The van der Waals surface area contributed by atoms with E-state index in [4.69, 9.17) is 9.47 Å². The van der Waals surface area contributed by atoms with Gasteiger partial charge in [0.15, 0.2) is 54.7 Å². The Morgan fingerprint density at radius 1 is 0.605 bits per heavy atom. The molecular formula is C57H51F3N4O14S3. The van der Waals surface area contributed by atoms with Crippen LogP contribution in [0.5, 0.6) is 0 Å². The Bertz CT molecular complexity index is 3750. The summed E-state index contributed by atoms with van der Waals surface area (Å²) in [5.74, 6) is -3.05. The van der Waals surface area contributed by atoms with Gasteiger partial charge < -0.3 is 24.4 Å². The van der Waals surface area contributed by atoms with Gasteiger partial charge in [0.25, 0.3) is 11.8 Å². The number of sulfone groups is 2. The number of alkyl halides is 3. The van der Waals surface area contributed by atoms with Crippen LogP contribution >= 0.6 is 0 Å². The number of aliphatic hydroxyl groups excluding tert-OH is 1. The maximum atomic E-state index is 13.7. The fourth-order valence-corrected chi connectivity index (χ4v) is 14.7. The molecule has 6 aromatic rings. The van der Waals surface area contributed by atoms with Gasteiger partial charge in [-0.05, 0) is 97.5 Å². The van der Waals surface area contributed by atoms with E-state index in [9.17, 15) is 62.7 Å². The van der Waals surface area contributed by atoms with Crippen LogP contribution in [-0.2, 0) is 75.8 Å². The standard InChI is InChI=1S/C29H25F3N2O8S2.C28H26N2O6S/c1-28(2)24(27(36)42-23(19-9-5-3-6-10-19)20-11-7-4-8-12-20)34-25(35)22(26(34)43(28,37)38)16-21-15-18(13-14-33-21)17-41-44(39,40)29(30,31)32;1-28(2)24(27(33)36-23(19-9-5-3-6-10-19)20-11-7-4-8-12-20)30-25(32)22(26(30)37(28,34)35)16-21-15-18(17-31)13-14-29-21/h3-16,23-24,26H,17H2,1-2H3;3-16,23-24,26,31H,17H2,1-2H3/b2*22-16-/t2*24-,26+/m00/s1. The molecule has 2 amide bonds. The number of hydrogen-bond donors (Lipinski definition) is 1. The van der Waals surface area contributed by atoms with Gasteiger partial charge in [0.05, 0.1) is 35.7 Å². The molecule has 4 atom stereocenters. The van der Waals surface area contributed by atoms with Crippen molar-refractivity contribution in [3.63, 3.8) is 0 Å². The molecule has 4 aromatic carbocycles. The van der Waals surface area contributed by atoms with Crippen molar-refractivity contribution in [2.24, 2.45) is 0 Å². The molecule has 4 aliphatic rings. The number of carbonyl (C=O) groups is 4. The number of aromatic nitrogens is 2. The summed E-state index contributed by atoms with van der Waals surface area (Å²) in [7, 11) is -14.0. The summed E-state index contributed by atoms with van der Waals surface area (Å²) in [4.78, 5) is 64.1. The summed E-state index contributed by atoms with van der Waals surface area (Å²) in [6.45, 7) is 4.35. The van der Waals surface area contributed by atoms with Gasteiger partial charge in [-0.15, -0.1) is 0 Å². The third-order valence-electron chi connectivity index (χ3n) is 14.4. The van der Waals surface area contributed by atoms with E-state index in [1.165, 1.54) is 46.0 Å².